The Bertz CT molecular complexity index is 266. The molecule has 0 fully saturated rings. The van der Waals surface area contributed by atoms with Gasteiger partial charge >= 0.3 is 0 Å². The fourth-order valence-corrected chi connectivity index (χ4v) is 1.51. The van der Waals surface area contributed by atoms with Gasteiger partial charge in [0, 0.05) is 6.04 Å². The average molecular weight is 251 g/mol. The first-order valence-corrected chi connectivity index (χ1v) is 6.76. The maximum atomic E-state index is 10.3. The summed E-state index contributed by atoms with van der Waals surface area (Å²) < 4.78 is 0. The monoisotopic (exact) mass is 251 g/mol. The molecule has 2 N–H and O–H groups in total. The molecule has 1 rings (SSSR count). The topological polar surface area (TPSA) is 60.2 Å². The van der Waals surface area contributed by atoms with Crippen molar-refractivity contribution in [3.8, 4) is 0 Å². The highest BCUT2D eigenvalue weighted by Gasteiger charge is 1.98. The molecule has 3 nitrogen and oxygen atoms in total. The van der Waals surface area contributed by atoms with E-state index < -0.39 is 0 Å². The molecule has 1 aliphatic carbocycles. The number of rotatable bonds is 6. The third-order valence-corrected chi connectivity index (χ3v) is 2.59. The van der Waals surface area contributed by atoms with Crippen LogP contribution in [0.4, 0.5) is 0 Å². The van der Waals surface area contributed by atoms with Gasteiger partial charge in [-0.1, -0.05) is 39.0 Å². The molecule has 0 spiro atoms. The van der Waals surface area contributed by atoms with Crippen molar-refractivity contribution in [1.29, 1.82) is 0 Å². The van der Waals surface area contributed by atoms with Gasteiger partial charge in [0.05, 0.1) is 0 Å². The molecule has 0 saturated heterocycles. The first kappa shape index (κ1) is 16.8. The van der Waals surface area contributed by atoms with E-state index in [1.165, 1.54) is 62.8 Å². The van der Waals surface area contributed by atoms with Gasteiger partial charge in [0.2, 0.25) is 0 Å². The van der Waals surface area contributed by atoms with Crippen molar-refractivity contribution in [3.63, 3.8) is 0 Å². The van der Waals surface area contributed by atoms with Crippen LogP contribution in [0.15, 0.2) is 24.3 Å². The summed E-state index contributed by atoms with van der Waals surface area (Å²) in [5, 5.41) is 0. The zero-order chi connectivity index (χ0) is 13.8. The number of carbonyl (C=O) groups excluding carboxylic acids is 2. The number of unbranched alkanes of at least 4 members (excludes halogenated alkanes) is 4. The Morgan fingerprint density at radius 2 is 1.39 bits per heavy atom. The van der Waals surface area contributed by atoms with Crippen molar-refractivity contribution < 1.29 is 9.59 Å². The van der Waals surface area contributed by atoms with E-state index in [1.807, 2.05) is 0 Å². The highest BCUT2D eigenvalue weighted by Crippen LogP contribution is 2.05. The Balaban J connectivity index is 0.000000327. The molecule has 0 heterocycles. The van der Waals surface area contributed by atoms with Crippen LogP contribution in [0.3, 0.4) is 0 Å². The molecule has 0 bridgehead atoms. The van der Waals surface area contributed by atoms with Crippen molar-refractivity contribution in [2.45, 2.75) is 58.4 Å². The van der Waals surface area contributed by atoms with Crippen LogP contribution < -0.4 is 5.73 Å². The molecule has 0 aromatic carbocycles. The highest BCUT2D eigenvalue weighted by atomic mass is 16.1. The maximum Gasteiger partial charge on any atom is 0.178 e. The lowest BCUT2D eigenvalue weighted by atomic mass is 10.1. The molecule has 0 amide bonds. The molecule has 1 atom stereocenters. The summed E-state index contributed by atoms with van der Waals surface area (Å²) in [4.78, 5) is 20.6. The molecule has 102 valence electrons. The van der Waals surface area contributed by atoms with Crippen LogP contribution in [0, 0.1) is 0 Å². The Labute approximate surface area is 110 Å². The van der Waals surface area contributed by atoms with Crippen molar-refractivity contribution in [3.05, 3.63) is 24.3 Å². The van der Waals surface area contributed by atoms with Crippen LogP contribution in [0.25, 0.3) is 0 Å². The Kier molecular flexibility index (Phi) is 10.2. The predicted molar refractivity (Wildman–Crippen MR) is 75.3 cm³/mol. The van der Waals surface area contributed by atoms with Crippen LogP contribution in [-0.2, 0) is 9.59 Å². The van der Waals surface area contributed by atoms with E-state index >= 15 is 0 Å². The summed E-state index contributed by atoms with van der Waals surface area (Å²) >= 11 is 0. The van der Waals surface area contributed by atoms with Gasteiger partial charge in [-0.25, -0.2) is 0 Å². The molecule has 18 heavy (non-hydrogen) atoms. The Morgan fingerprint density at radius 1 is 0.944 bits per heavy atom. The first-order valence-electron chi connectivity index (χ1n) is 6.76. The third-order valence-electron chi connectivity index (χ3n) is 2.59. The summed E-state index contributed by atoms with van der Waals surface area (Å²) in [5.74, 6) is -0.241. The number of hydrogen-bond acceptors (Lipinski definition) is 3. The highest BCUT2D eigenvalue weighted by molar-refractivity contribution is 6.14. The minimum atomic E-state index is -0.121. The minimum Gasteiger partial charge on any atom is -0.328 e. The van der Waals surface area contributed by atoms with Crippen LogP contribution in [0.2, 0.25) is 0 Å². The molecule has 0 radical (unpaired) electrons. The molecular weight excluding hydrogens is 226 g/mol. The van der Waals surface area contributed by atoms with E-state index in [9.17, 15) is 9.59 Å². The third kappa shape index (κ3) is 11.3. The van der Waals surface area contributed by atoms with Gasteiger partial charge in [-0.3, -0.25) is 9.59 Å². The van der Waals surface area contributed by atoms with Crippen LogP contribution in [0.5, 0.6) is 0 Å². The standard InChI is InChI=1S/C9H21N.C6H4O2/c1-3-4-5-6-7-8-9(2)10;7-5-1-2-6(8)4-3-5/h9H,3-8,10H2,1-2H3;1-4H. The molecule has 1 aliphatic rings. The van der Waals surface area contributed by atoms with E-state index in [-0.39, 0.29) is 11.6 Å². The molecule has 3 heteroatoms. The van der Waals surface area contributed by atoms with Gasteiger partial charge in [0.15, 0.2) is 11.6 Å². The van der Waals surface area contributed by atoms with E-state index in [0.29, 0.717) is 6.04 Å². The summed E-state index contributed by atoms with van der Waals surface area (Å²) in [6.45, 7) is 4.32. The van der Waals surface area contributed by atoms with Crippen molar-refractivity contribution >= 4 is 11.6 Å². The van der Waals surface area contributed by atoms with Crippen molar-refractivity contribution in [2.24, 2.45) is 5.73 Å². The zero-order valence-electron chi connectivity index (χ0n) is 11.5. The van der Waals surface area contributed by atoms with Crippen LogP contribution >= 0.6 is 0 Å². The van der Waals surface area contributed by atoms with E-state index in [2.05, 4.69) is 13.8 Å². The normalized spacial score (nSPS) is 15.3. The second-order valence-electron chi connectivity index (χ2n) is 4.65. The zero-order valence-corrected chi connectivity index (χ0v) is 11.5. The number of allylic oxidation sites excluding steroid dienone is 4. The molecule has 0 saturated carbocycles. The SMILES string of the molecule is CCCCCCCC(C)N.O=C1C=CC(=O)C=C1. The lowest BCUT2D eigenvalue weighted by molar-refractivity contribution is -0.113. The number of carbonyl (C=O) groups is 2. The number of nitrogens with two attached hydrogens (primary N) is 1. The largest absolute Gasteiger partial charge is 0.328 e. The van der Waals surface area contributed by atoms with E-state index in [0.717, 1.165) is 0 Å². The summed E-state index contributed by atoms with van der Waals surface area (Å²) in [6, 6.07) is 0.404. The molecule has 0 aromatic rings. The first-order chi connectivity index (χ1) is 8.56. The minimum absolute atomic E-state index is 0.121. The number of ketones is 2. The Hall–Kier alpha value is -1.22. The summed E-state index contributed by atoms with van der Waals surface area (Å²) in [5.41, 5.74) is 5.61. The van der Waals surface area contributed by atoms with E-state index in [4.69, 9.17) is 5.73 Å². The summed E-state index contributed by atoms with van der Waals surface area (Å²) in [7, 11) is 0. The molecule has 0 aliphatic heterocycles. The fourth-order valence-electron chi connectivity index (χ4n) is 1.51. The lowest BCUT2D eigenvalue weighted by Gasteiger charge is -2.02. The second kappa shape index (κ2) is 10.9. The van der Waals surface area contributed by atoms with Crippen molar-refractivity contribution in [1.82, 2.24) is 0 Å². The average Bonchev–Trinajstić information content (AvgIpc) is 2.33. The van der Waals surface area contributed by atoms with Gasteiger partial charge in [0.1, 0.15) is 0 Å². The number of hydrogen-bond donors (Lipinski definition) is 1. The van der Waals surface area contributed by atoms with Crippen LogP contribution in [0.1, 0.15) is 52.4 Å². The Morgan fingerprint density at radius 3 is 1.78 bits per heavy atom. The fraction of sp³-hybridized carbons (Fsp3) is 0.600. The van der Waals surface area contributed by atoms with Gasteiger partial charge in [-0.05, 0) is 37.6 Å². The van der Waals surface area contributed by atoms with Gasteiger partial charge in [-0.15, -0.1) is 0 Å². The van der Waals surface area contributed by atoms with Crippen LogP contribution in [-0.4, -0.2) is 17.6 Å². The molecule has 1 unspecified atom stereocenters. The van der Waals surface area contributed by atoms with Gasteiger partial charge in [0.25, 0.3) is 0 Å². The molecular formula is C15H25NO2. The lowest BCUT2D eigenvalue weighted by Crippen LogP contribution is -2.13. The molecule has 0 aromatic heterocycles. The smallest absolute Gasteiger partial charge is 0.178 e. The van der Waals surface area contributed by atoms with Crippen molar-refractivity contribution in [2.75, 3.05) is 0 Å². The van der Waals surface area contributed by atoms with Gasteiger partial charge in [-0.2, -0.15) is 0 Å². The van der Waals surface area contributed by atoms with E-state index in [1.54, 1.807) is 0 Å². The van der Waals surface area contributed by atoms with Gasteiger partial charge < -0.3 is 5.73 Å². The second-order valence-corrected chi connectivity index (χ2v) is 4.65. The predicted octanol–water partition coefficient (Wildman–Crippen LogP) is 2.94. The maximum absolute atomic E-state index is 10.3. The quantitative estimate of drug-likeness (QED) is 0.583. The summed E-state index contributed by atoms with van der Waals surface area (Å²) in [6.07, 6.45) is 13.0.